The van der Waals surface area contributed by atoms with Gasteiger partial charge in [-0.2, -0.15) is 0 Å². The number of anilines is 2. The Bertz CT molecular complexity index is 1520. The standard InChI is InChI=1S/C29H22N3O.HI/c1-31-18-10-17-27-29(31)30-28(33-27)20-22-19-26(21-11-4-2-5-12-21)32(23-13-6-3-7-14-23)25-16-9-8-15-24(22)25;/h2-20H,1H3;1H/q+1;. The molecule has 166 valence electrons. The predicted molar refractivity (Wildman–Crippen MR) is 148 cm³/mol. The second-order valence-electron chi connectivity index (χ2n) is 8.04. The van der Waals surface area contributed by atoms with Crippen LogP contribution in [0.2, 0.25) is 0 Å². The number of halogens is 1. The first-order chi connectivity index (χ1) is 16.3. The van der Waals surface area contributed by atoms with Gasteiger partial charge in [0.05, 0.1) is 24.6 Å². The van der Waals surface area contributed by atoms with E-state index >= 15 is 0 Å². The van der Waals surface area contributed by atoms with Crippen LogP contribution in [0.3, 0.4) is 0 Å². The van der Waals surface area contributed by atoms with Gasteiger partial charge in [-0.05, 0) is 47.5 Å². The van der Waals surface area contributed by atoms with Crippen LogP contribution in [0.15, 0.2) is 114 Å². The molecule has 3 aromatic carbocycles. The Morgan fingerprint density at radius 3 is 2.29 bits per heavy atom. The minimum Gasteiger partial charge on any atom is -0.411 e. The second-order valence-corrected chi connectivity index (χ2v) is 8.04. The summed E-state index contributed by atoms with van der Waals surface area (Å²) < 4.78 is 8.04. The van der Waals surface area contributed by atoms with E-state index in [0.717, 1.165) is 45.0 Å². The lowest BCUT2D eigenvalue weighted by Crippen LogP contribution is -2.28. The van der Waals surface area contributed by atoms with Gasteiger partial charge in [0, 0.05) is 22.3 Å². The van der Waals surface area contributed by atoms with Crippen LogP contribution in [-0.2, 0) is 7.05 Å². The Morgan fingerprint density at radius 1 is 0.824 bits per heavy atom. The molecule has 2 aromatic heterocycles. The van der Waals surface area contributed by atoms with E-state index in [0.29, 0.717) is 5.89 Å². The number of allylic oxidation sites excluding steroid dienone is 2. The molecule has 0 fully saturated rings. The first-order valence-electron chi connectivity index (χ1n) is 11.0. The van der Waals surface area contributed by atoms with Crippen LogP contribution in [0.5, 0.6) is 0 Å². The molecule has 0 amide bonds. The van der Waals surface area contributed by atoms with Crippen molar-refractivity contribution in [2.24, 2.45) is 7.05 Å². The average molecular weight is 556 g/mol. The fourth-order valence-corrected chi connectivity index (χ4v) is 4.35. The Hall–Kier alpha value is -3.71. The average Bonchev–Trinajstić information content (AvgIpc) is 3.29. The van der Waals surface area contributed by atoms with Crippen LogP contribution in [0.25, 0.3) is 28.6 Å². The summed E-state index contributed by atoms with van der Waals surface area (Å²) in [5.74, 6) is 0.591. The van der Waals surface area contributed by atoms with Gasteiger partial charge in [-0.1, -0.05) is 66.7 Å². The van der Waals surface area contributed by atoms with Crippen molar-refractivity contribution in [2.75, 3.05) is 4.90 Å². The molecule has 1 aliphatic heterocycles. The van der Waals surface area contributed by atoms with Crippen molar-refractivity contribution < 1.29 is 8.98 Å². The van der Waals surface area contributed by atoms with Crippen LogP contribution in [0.1, 0.15) is 17.0 Å². The van der Waals surface area contributed by atoms with Gasteiger partial charge in [0.2, 0.25) is 5.58 Å². The monoisotopic (exact) mass is 556 g/mol. The summed E-state index contributed by atoms with van der Waals surface area (Å²) in [6.45, 7) is 0. The maximum absolute atomic E-state index is 6.07. The highest BCUT2D eigenvalue weighted by molar-refractivity contribution is 14.0. The van der Waals surface area contributed by atoms with Crippen molar-refractivity contribution in [1.82, 2.24) is 4.98 Å². The highest BCUT2D eigenvalue weighted by atomic mass is 127. The Balaban J connectivity index is 0.00000241. The summed E-state index contributed by atoms with van der Waals surface area (Å²) in [7, 11) is 1.98. The zero-order chi connectivity index (χ0) is 22.2. The third-order valence-electron chi connectivity index (χ3n) is 5.89. The molecule has 5 heteroatoms. The quantitative estimate of drug-likeness (QED) is 0.177. The van der Waals surface area contributed by atoms with E-state index in [1.54, 1.807) is 0 Å². The predicted octanol–water partition coefficient (Wildman–Crippen LogP) is 7.00. The Morgan fingerprint density at radius 2 is 1.53 bits per heavy atom. The first-order valence-corrected chi connectivity index (χ1v) is 11.0. The molecular weight excluding hydrogens is 533 g/mol. The number of aryl methyl sites for hydroxylation is 1. The molecule has 0 saturated heterocycles. The molecule has 0 aliphatic carbocycles. The number of hydrogen-bond donors (Lipinski definition) is 0. The Labute approximate surface area is 215 Å². The summed E-state index contributed by atoms with van der Waals surface area (Å²) in [6, 6.07) is 33.3. The molecule has 3 heterocycles. The van der Waals surface area contributed by atoms with Gasteiger partial charge >= 0.3 is 11.5 Å². The van der Waals surface area contributed by atoms with Crippen molar-refractivity contribution in [3.8, 4) is 0 Å². The highest BCUT2D eigenvalue weighted by Gasteiger charge is 2.26. The third-order valence-corrected chi connectivity index (χ3v) is 5.89. The van der Waals surface area contributed by atoms with Gasteiger partial charge in [0.1, 0.15) is 0 Å². The maximum atomic E-state index is 6.07. The van der Waals surface area contributed by atoms with Crippen molar-refractivity contribution >= 4 is 63.9 Å². The van der Waals surface area contributed by atoms with Gasteiger partial charge in [-0.25, -0.2) is 4.57 Å². The molecular formula is C29H23IN3O+. The van der Waals surface area contributed by atoms with Crippen LogP contribution in [0, 0.1) is 0 Å². The lowest BCUT2D eigenvalue weighted by Gasteiger charge is -2.34. The van der Waals surface area contributed by atoms with Gasteiger partial charge < -0.3 is 9.32 Å². The maximum Gasteiger partial charge on any atom is 0.370 e. The fourth-order valence-electron chi connectivity index (χ4n) is 4.35. The second kappa shape index (κ2) is 9.27. The smallest absolute Gasteiger partial charge is 0.370 e. The van der Waals surface area contributed by atoms with E-state index in [1.165, 1.54) is 0 Å². The number of hydrogen-bond acceptors (Lipinski definition) is 3. The van der Waals surface area contributed by atoms with E-state index in [-0.39, 0.29) is 24.0 Å². The highest BCUT2D eigenvalue weighted by Crippen LogP contribution is 2.44. The molecule has 4 nitrogen and oxygen atoms in total. The lowest BCUT2D eigenvalue weighted by atomic mass is 9.94. The SMILES string of the molecule is C[n+]1cccc2oc(/C=C3\C=C(c4ccccc4)N(c4ccccc4)c4ccccc43)nc21.I. The number of fused-ring (bicyclic) bond motifs is 2. The summed E-state index contributed by atoms with van der Waals surface area (Å²) in [5, 5.41) is 0. The number of nitrogens with zero attached hydrogens (tertiary/aromatic N) is 3. The zero-order valence-electron chi connectivity index (χ0n) is 18.6. The normalized spacial score (nSPS) is 14.0. The third kappa shape index (κ3) is 3.92. The molecule has 0 saturated carbocycles. The number of benzene rings is 3. The summed E-state index contributed by atoms with van der Waals surface area (Å²) in [5.41, 5.74) is 8.28. The first kappa shape index (κ1) is 22.1. The molecule has 34 heavy (non-hydrogen) atoms. The van der Waals surface area contributed by atoms with Gasteiger partial charge in [-0.3, -0.25) is 0 Å². The number of rotatable bonds is 3. The van der Waals surface area contributed by atoms with Crippen LogP contribution >= 0.6 is 24.0 Å². The van der Waals surface area contributed by atoms with E-state index in [2.05, 4.69) is 83.8 Å². The molecule has 5 aromatic rings. The summed E-state index contributed by atoms with van der Waals surface area (Å²) >= 11 is 0. The molecule has 6 rings (SSSR count). The minimum atomic E-state index is 0. The van der Waals surface area contributed by atoms with Crippen molar-refractivity contribution in [1.29, 1.82) is 0 Å². The Kier molecular flexibility index (Phi) is 6.02. The molecule has 0 spiro atoms. The number of pyridine rings is 1. The molecule has 0 atom stereocenters. The topological polar surface area (TPSA) is 33.1 Å². The number of aromatic nitrogens is 2. The van der Waals surface area contributed by atoms with Crippen LogP contribution in [-0.4, -0.2) is 4.98 Å². The van der Waals surface area contributed by atoms with Crippen molar-refractivity contribution in [3.05, 3.63) is 126 Å². The molecule has 0 N–H and O–H groups in total. The van der Waals surface area contributed by atoms with Crippen molar-refractivity contribution in [3.63, 3.8) is 0 Å². The van der Waals surface area contributed by atoms with E-state index in [1.807, 2.05) is 48.2 Å². The summed E-state index contributed by atoms with van der Waals surface area (Å²) in [6.07, 6.45) is 6.23. The number of oxazole rings is 1. The van der Waals surface area contributed by atoms with E-state index in [4.69, 9.17) is 9.40 Å². The van der Waals surface area contributed by atoms with Crippen LogP contribution in [0.4, 0.5) is 11.4 Å². The van der Waals surface area contributed by atoms with Crippen molar-refractivity contribution in [2.45, 2.75) is 0 Å². The van der Waals surface area contributed by atoms with Gasteiger partial charge in [0.25, 0.3) is 0 Å². The molecule has 0 bridgehead atoms. The number of para-hydroxylation sites is 2. The fraction of sp³-hybridized carbons (Fsp3) is 0.0345. The minimum absolute atomic E-state index is 0. The molecule has 0 unspecified atom stereocenters. The molecule has 1 aliphatic rings. The van der Waals surface area contributed by atoms with Crippen LogP contribution < -0.4 is 9.47 Å². The lowest BCUT2D eigenvalue weighted by molar-refractivity contribution is -0.646. The zero-order valence-corrected chi connectivity index (χ0v) is 21.0. The molecule has 0 radical (unpaired) electrons. The summed E-state index contributed by atoms with van der Waals surface area (Å²) in [4.78, 5) is 7.04. The van der Waals surface area contributed by atoms with E-state index < -0.39 is 0 Å². The largest absolute Gasteiger partial charge is 0.411 e. The van der Waals surface area contributed by atoms with Gasteiger partial charge in [0.15, 0.2) is 0 Å². The van der Waals surface area contributed by atoms with E-state index in [9.17, 15) is 0 Å². The van der Waals surface area contributed by atoms with Gasteiger partial charge in [-0.15, -0.1) is 24.0 Å².